The summed E-state index contributed by atoms with van der Waals surface area (Å²) in [5.41, 5.74) is -0.473. The summed E-state index contributed by atoms with van der Waals surface area (Å²) in [6, 6.07) is 5.09. The molecule has 0 aliphatic rings. The first-order valence-electron chi connectivity index (χ1n) is 8.47. The SMILES string of the molecule is CCOP(=O)(CCCP(=O)(OCC)C(=O)Nc1ccc(F)cc1)OCC. The normalized spacial score (nSPS) is 14.0. The van der Waals surface area contributed by atoms with Crippen LogP contribution in [0.5, 0.6) is 0 Å². The summed E-state index contributed by atoms with van der Waals surface area (Å²) >= 11 is 0. The lowest BCUT2D eigenvalue weighted by atomic mass is 10.3. The second kappa shape index (κ2) is 11.0. The Morgan fingerprint density at radius 2 is 1.50 bits per heavy atom. The van der Waals surface area contributed by atoms with Gasteiger partial charge in [0.05, 0.1) is 26.0 Å². The third kappa shape index (κ3) is 7.29. The highest BCUT2D eigenvalue weighted by molar-refractivity contribution is 7.76. The van der Waals surface area contributed by atoms with E-state index < -0.39 is 26.4 Å². The van der Waals surface area contributed by atoms with Crippen molar-refractivity contribution in [1.82, 2.24) is 0 Å². The van der Waals surface area contributed by atoms with Crippen LogP contribution in [-0.4, -0.2) is 37.8 Å². The monoisotopic (exact) mass is 409 g/mol. The zero-order chi connectivity index (χ0) is 19.6. The van der Waals surface area contributed by atoms with Crippen molar-refractivity contribution in [3.05, 3.63) is 30.1 Å². The summed E-state index contributed by atoms with van der Waals surface area (Å²) in [5.74, 6) is -0.446. The van der Waals surface area contributed by atoms with Crippen molar-refractivity contribution in [2.24, 2.45) is 0 Å². The summed E-state index contributed by atoms with van der Waals surface area (Å²) in [6.07, 6.45) is 0.110. The van der Waals surface area contributed by atoms with E-state index in [0.717, 1.165) is 0 Å². The number of hydrogen-bond donors (Lipinski definition) is 1. The van der Waals surface area contributed by atoms with E-state index in [4.69, 9.17) is 13.6 Å². The first-order chi connectivity index (χ1) is 12.3. The lowest BCUT2D eigenvalue weighted by molar-refractivity contribution is 0.220. The van der Waals surface area contributed by atoms with Gasteiger partial charge in [-0.1, -0.05) is 0 Å². The van der Waals surface area contributed by atoms with E-state index in [2.05, 4.69) is 5.32 Å². The number of halogens is 1. The molecule has 0 saturated heterocycles. The Labute approximate surface area is 153 Å². The molecule has 0 aliphatic carbocycles. The molecule has 1 rings (SSSR count). The maximum atomic E-state index is 12.9. The summed E-state index contributed by atoms with van der Waals surface area (Å²) in [4.78, 5) is 12.4. The van der Waals surface area contributed by atoms with E-state index in [1.165, 1.54) is 24.3 Å². The van der Waals surface area contributed by atoms with Crippen molar-refractivity contribution in [2.75, 3.05) is 37.5 Å². The molecular weight excluding hydrogens is 383 g/mol. The van der Waals surface area contributed by atoms with E-state index in [-0.39, 0.29) is 38.6 Å². The number of rotatable bonds is 12. The van der Waals surface area contributed by atoms with E-state index in [1.807, 2.05) is 0 Å². The van der Waals surface area contributed by atoms with E-state index in [9.17, 15) is 18.3 Å². The van der Waals surface area contributed by atoms with E-state index >= 15 is 0 Å². The Morgan fingerprint density at radius 3 is 2.00 bits per heavy atom. The number of carbonyl (C=O) groups excluding carboxylic acids is 1. The molecule has 0 spiro atoms. The highest BCUT2D eigenvalue weighted by Crippen LogP contribution is 2.53. The molecule has 1 amide bonds. The Hall–Kier alpha value is -1.04. The van der Waals surface area contributed by atoms with Crippen LogP contribution in [0.15, 0.2) is 24.3 Å². The fourth-order valence-electron chi connectivity index (χ4n) is 2.21. The zero-order valence-electron chi connectivity index (χ0n) is 15.3. The van der Waals surface area contributed by atoms with Gasteiger partial charge in [0, 0.05) is 11.8 Å². The van der Waals surface area contributed by atoms with Gasteiger partial charge >= 0.3 is 13.2 Å². The molecule has 1 aromatic rings. The first-order valence-corrected chi connectivity index (χ1v) is 12.0. The first kappa shape index (κ1) is 23.0. The third-order valence-electron chi connectivity index (χ3n) is 3.28. The molecule has 1 aromatic carbocycles. The minimum absolute atomic E-state index is 0.0373. The average molecular weight is 409 g/mol. The average Bonchev–Trinajstić information content (AvgIpc) is 2.57. The van der Waals surface area contributed by atoms with Crippen molar-refractivity contribution < 1.29 is 31.9 Å². The largest absolute Gasteiger partial charge is 0.330 e. The lowest BCUT2D eigenvalue weighted by Crippen LogP contribution is -2.15. The van der Waals surface area contributed by atoms with Crippen molar-refractivity contribution >= 4 is 26.3 Å². The van der Waals surface area contributed by atoms with Crippen molar-refractivity contribution in [3.63, 3.8) is 0 Å². The highest BCUT2D eigenvalue weighted by Gasteiger charge is 2.34. The van der Waals surface area contributed by atoms with Gasteiger partial charge in [-0.3, -0.25) is 13.9 Å². The molecule has 1 N–H and O–H groups in total. The molecule has 1 unspecified atom stereocenters. The smallest absolute Gasteiger partial charge is 0.322 e. The van der Waals surface area contributed by atoms with Gasteiger partial charge in [-0.25, -0.2) is 4.39 Å². The van der Waals surface area contributed by atoms with Gasteiger partial charge in [-0.05, 0) is 51.5 Å². The molecule has 0 aliphatic heterocycles. The topological polar surface area (TPSA) is 90.9 Å². The quantitative estimate of drug-likeness (QED) is 0.469. The zero-order valence-corrected chi connectivity index (χ0v) is 17.1. The number of carbonyl (C=O) groups is 1. The molecular formula is C16H26FNO6P2. The maximum absolute atomic E-state index is 12.9. The summed E-state index contributed by atoms with van der Waals surface area (Å²) < 4.78 is 53.9. The van der Waals surface area contributed by atoms with Crippen LogP contribution in [0.1, 0.15) is 27.2 Å². The van der Waals surface area contributed by atoms with Gasteiger partial charge in [-0.2, -0.15) is 0 Å². The predicted octanol–water partition coefficient (Wildman–Crippen LogP) is 5.33. The number of benzene rings is 1. The van der Waals surface area contributed by atoms with E-state index in [0.29, 0.717) is 5.69 Å². The Kier molecular flexibility index (Phi) is 9.69. The predicted molar refractivity (Wildman–Crippen MR) is 99.9 cm³/mol. The molecule has 10 heteroatoms. The van der Waals surface area contributed by atoms with Gasteiger partial charge in [0.2, 0.25) is 0 Å². The van der Waals surface area contributed by atoms with Crippen LogP contribution in [0.2, 0.25) is 0 Å². The van der Waals surface area contributed by atoms with Crippen molar-refractivity contribution in [2.45, 2.75) is 27.2 Å². The molecule has 0 saturated carbocycles. The van der Waals surface area contributed by atoms with Crippen LogP contribution in [0.25, 0.3) is 0 Å². The molecule has 148 valence electrons. The second-order valence-electron chi connectivity index (χ2n) is 5.28. The van der Waals surface area contributed by atoms with Crippen molar-refractivity contribution in [1.29, 1.82) is 0 Å². The fraction of sp³-hybridized carbons (Fsp3) is 0.562. The van der Waals surface area contributed by atoms with Crippen LogP contribution < -0.4 is 5.32 Å². The van der Waals surface area contributed by atoms with Crippen molar-refractivity contribution in [3.8, 4) is 0 Å². The summed E-state index contributed by atoms with van der Waals surface area (Å²) in [6.45, 7) is 5.57. The molecule has 1 atom stereocenters. The molecule has 0 heterocycles. The third-order valence-corrected chi connectivity index (χ3v) is 7.76. The van der Waals surface area contributed by atoms with Crippen LogP contribution >= 0.6 is 15.0 Å². The van der Waals surface area contributed by atoms with Gasteiger partial charge in [0.15, 0.2) is 0 Å². The van der Waals surface area contributed by atoms with Crippen LogP contribution in [0, 0.1) is 5.82 Å². The minimum Gasteiger partial charge on any atom is -0.322 e. The van der Waals surface area contributed by atoms with Gasteiger partial charge in [-0.15, -0.1) is 0 Å². The van der Waals surface area contributed by atoms with Gasteiger partial charge in [0.1, 0.15) is 5.82 Å². The highest BCUT2D eigenvalue weighted by atomic mass is 31.2. The van der Waals surface area contributed by atoms with Gasteiger partial charge in [0.25, 0.3) is 7.37 Å². The Bertz CT molecular complexity index is 657. The Morgan fingerprint density at radius 1 is 0.962 bits per heavy atom. The number of amides is 1. The fourth-order valence-corrected chi connectivity index (χ4v) is 5.86. The van der Waals surface area contributed by atoms with Crippen LogP contribution in [-0.2, 0) is 22.7 Å². The molecule has 7 nitrogen and oxygen atoms in total. The molecule has 0 fully saturated rings. The lowest BCUT2D eigenvalue weighted by Gasteiger charge is -2.20. The van der Waals surface area contributed by atoms with Crippen LogP contribution in [0.3, 0.4) is 0 Å². The number of nitrogens with one attached hydrogen (secondary N) is 1. The van der Waals surface area contributed by atoms with Crippen LogP contribution in [0.4, 0.5) is 14.9 Å². The number of hydrogen-bond acceptors (Lipinski definition) is 6. The molecule has 0 bridgehead atoms. The second-order valence-corrected chi connectivity index (χ2v) is 9.92. The molecule has 26 heavy (non-hydrogen) atoms. The maximum Gasteiger partial charge on any atom is 0.330 e. The number of anilines is 1. The molecule has 0 aromatic heterocycles. The summed E-state index contributed by atoms with van der Waals surface area (Å²) in [7, 11) is -6.96. The molecule has 0 radical (unpaired) electrons. The standard InChI is InChI=1S/C16H26FNO6P2/c1-4-22-25(20,12-7-13-26(21,23-5-2)24-6-3)16(19)18-15-10-8-14(17)9-11-15/h8-11H,4-7,12-13H2,1-3H3,(H,18,19). The Balaban J connectivity index is 2.75. The minimum atomic E-state index is -3.69. The van der Waals surface area contributed by atoms with Gasteiger partial charge < -0.3 is 18.9 Å². The van der Waals surface area contributed by atoms with E-state index in [1.54, 1.807) is 20.8 Å². The summed E-state index contributed by atoms with van der Waals surface area (Å²) in [5, 5.41) is 2.47.